The zero-order valence-corrected chi connectivity index (χ0v) is 23.1. The molecule has 0 aromatic heterocycles. The number of rotatable bonds is 22. The maximum Gasteiger partial charge on any atom is 0.255 e. The zero-order valence-electron chi connectivity index (χ0n) is 23.1. The van der Waals surface area contributed by atoms with Crippen molar-refractivity contribution in [2.24, 2.45) is 0 Å². The van der Waals surface area contributed by atoms with Gasteiger partial charge in [0.25, 0.3) is 5.91 Å². The number of Topliss-reactive ketones (excluding diaryl/α,β-unsaturated/α-hetero) is 1. The van der Waals surface area contributed by atoms with Crippen LogP contribution in [-0.4, -0.2) is 36.1 Å². The minimum atomic E-state index is -0.358. The van der Waals surface area contributed by atoms with Crippen LogP contribution in [0.1, 0.15) is 108 Å². The fraction of sp³-hybridized carbons (Fsp3) is 0.562. The molecule has 5 heteroatoms. The summed E-state index contributed by atoms with van der Waals surface area (Å²) in [6.45, 7) is 5.14. The average Bonchev–Trinajstić information content (AvgIpc) is 2.90. The monoisotopic (exact) mass is 511 g/mol. The van der Waals surface area contributed by atoms with Crippen LogP contribution in [0, 0.1) is 0 Å². The molecule has 0 heterocycles. The highest BCUT2D eigenvalue weighted by molar-refractivity contribution is 5.96. The molecule has 37 heavy (non-hydrogen) atoms. The number of nitrogens with one attached hydrogen (secondary N) is 1. The molecule has 1 aromatic rings. The molecule has 0 saturated heterocycles. The molecule has 1 atom stereocenters. The third-order valence-corrected chi connectivity index (χ3v) is 6.13. The van der Waals surface area contributed by atoms with E-state index in [4.69, 9.17) is 4.74 Å². The fourth-order valence-corrected chi connectivity index (χ4v) is 3.95. The molecule has 2 N–H and O–H groups in total. The number of ketones is 1. The van der Waals surface area contributed by atoms with Crippen molar-refractivity contribution in [3.63, 3.8) is 0 Å². The van der Waals surface area contributed by atoms with Gasteiger partial charge in [-0.3, -0.25) is 9.59 Å². The molecule has 1 aromatic carbocycles. The van der Waals surface area contributed by atoms with Gasteiger partial charge >= 0.3 is 0 Å². The summed E-state index contributed by atoms with van der Waals surface area (Å²) < 4.78 is 5.85. The number of allylic oxidation sites excluding steroid dienone is 6. The van der Waals surface area contributed by atoms with E-state index < -0.39 is 0 Å². The van der Waals surface area contributed by atoms with Crippen molar-refractivity contribution in [1.29, 1.82) is 0 Å². The third kappa shape index (κ3) is 16.7. The fourth-order valence-electron chi connectivity index (χ4n) is 3.95. The number of amides is 1. The van der Waals surface area contributed by atoms with E-state index in [1.807, 2.05) is 6.92 Å². The molecule has 0 fully saturated rings. The number of unbranched alkanes of at least 4 members (excludes halogenated alkanes) is 6. The minimum absolute atomic E-state index is 0.0436. The first kappa shape index (κ1) is 32.4. The summed E-state index contributed by atoms with van der Waals surface area (Å²) >= 11 is 0. The molecule has 0 aliphatic heterocycles. The summed E-state index contributed by atoms with van der Waals surface area (Å²) in [5.41, 5.74) is 0.245. The molecular formula is C32H49NO4. The Kier molecular flexibility index (Phi) is 19.7. The summed E-state index contributed by atoms with van der Waals surface area (Å²) in [6.07, 6.45) is 26.1. The molecule has 0 spiro atoms. The van der Waals surface area contributed by atoms with Crippen LogP contribution >= 0.6 is 0 Å². The van der Waals surface area contributed by atoms with Crippen LogP contribution in [0.3, 0.4) is 0 Å². The van der Waals surface area contributed by atoms with Gasteiger partial charge in [0.2, 0.25) is 0 Å². The van der Waals surface area contributed by atoms with Gasteiger partial charge in [0.15, 0.2) is 5.78 Å². The Bertz CT molecular complexity index is 828. The second-order valence-electron chi connectivity index (χ2n) is 9.31. The summed E-state index contributed by atoms with van der Waals surface area (Å²) in [5, 5.41) is 12.5. The van der Waals surface area contributed by atoms with Crippen molar-refractivity contribution < 1.29 is 19.4 Å². The lowest BCUT2D eigenvalue weighted by Gasteiger charge is -2.15. The van der Waals surface area contributed by atoms with Crippen molar-refractivity contribution in [3.8, 4) is 5.75 Å². The van der Waals surface area contributed by atoms with E-state index in [2.05, 4.69) is 48.7 Å². The molecule has 1 rings (SSSR count). The summed E-state index contributed by atoms with van der Waals surface area (Å²) in [5.74, 6) is -0.279. The smallest absolute Gasteiger partial charge is 0.255 e. The van der Waals surface area contributed by atoms with Crippen LogP contribution in [0.2, 0.25) is 0 Å². The Hall–Kier alpha value is -2.66. The topological polar surface area (TPSA) is 75.6 Å². The van der Waals surface area contributed by atoms with Crippen LogP contribution in [0.15, 0.2) is 60.7 Å². The number of phenols is 1. The lowest BCUT2D eigenvalue weighted by Crippen LogP contribution is -2.27. The van der Waals surface area contributed by atoms with E-state index in [0.29, 0.717) is 32.4 Å². The lowest BCUT2D eigenvalue weighted by atomic mass is 10.1. The largest absolute Gasteiger partial charge is 0.507 e. The van der Waals surface area contributed by atoms with Crippen LogP contribution in [-0.2, 0) is 9.53 Å². The molecule has 0 bridgehead atoms. The van der Waals surface area contributed by atoms with E-state index in [9.17, 15) is 14.7 Å². The lowest BCUT2D eigenvalue weighted by molar-refractivity contribution is -0.131. The SMILES string of the molecule is CC/C=C\C/C=C\C/C=C\CCCCCCCCOC(CC)C(=O)CCCNC(=O)c1ccccc1O. The number of ether oxygens (including phenoxy) is 1. The summed E-state index contributed by atoms with van der Waals surface area (Å²) in [4.78, 5) is 24.6. The van der Waals surface area contributed by atoms with Gasteiger partial charge in [-0.1, -0.05) is 88.1 Å². The number of para-hydroxylation sites is 1. The van der Waals surface area contributed by atoms with Crippen molar-refractivity contribution in [2.75, 3.05) is 13.2 Å². The van der Waals surface area contributed by atoms with Crippen LogP contribution in [0.5, 0.6) is 5.75 Å². The second kappa shape index (κ2) is 22.5. The van der Waals surface area contributed by atoms with Crippen molar-refractivity contribution in [3.05, 3.63) is 66.3 Å². The number of benzene rings is 1. The van der Waals surface area contributed by atoms with Crippen molar-refractivity contribution in [2.45, 2.75) is 103 Å². The van der Waals surface area contributed by atoms with Gasteiger partial charge in [-0.25, -0.2) is 0 Å². The van der Waals surface area contributed by atoms with Gasteiger partial charge in [0, 0.05) is 19.6 Å². The van der Waals surface area contributed by atoms with E-state index in [1.54, 1.807) is 18.2 Å². The maximum absolute atomic E-state index is 12.5. The van der Waals surface area contributed by atoms with E-state index in [1.165, 1.54) is 31.7 Å². The Morgan fingerprint density at radius 1 is 0.865 bits per heavy atom. The Morgan fingerprint density at radius 2 is 1.51 bits per heavy atom. The molecule has 1 amide bonds. The highest BCUT2D eigenvalue weighted by Crippen LogP contribution is 2.15. The molecule has 0 aliphatic rings. The van der Waals surface area contributed by atoms with Gasteiger partial charge in [-0.2, -0.15) is 0 Å². The normalized spacial score (nSPS) is 12.6. The predicted octanol–water partition coefficient (Wildman–Crippen LogP) is 7.86. The quantitative estimate of drug-likeness (QED) is 0.123. The molecule has 5 nitrogen and oxygen atoms in total. The second-order valence-corrected chi connectivity index (χ2v) is 9.31. The molecule has 206 valence electrons. The van der Waals surface area contributed by atoms with Crippen molar-refractivity contribution >= 4 is 11.7 Å². The zero-order chi connectivity index (χ0) is 27.0. The van der Waals surface area contributed by atoms with E-state index in [-0.39, 0.29) is 29.1 Å². The van der Waals surface area contributed by atoms with Crippen LogP contribution in [0.4, 0.5) is 0 Å². The van der Waals surface area contributed by atoms with E-state index >= 15 is 0 Å². The standard InChI is InChI=1S/C32H49NO4/c1-3-5-6-7-8-9-10-11-12-13-14-15-16-17-18-21-27-37-31(4-2)30(35)25-22-26-33-32(36)28-23-19-20-24-29(28)34/h5-6,8-9,11-12,19-20,23-24,31,34H,3-4,7,10,13-18,21-22,25-27H2,1-2H3,(H,33,36)/b6-5-,9-8-,12-11-. The molecule has 1 unspecified atom stereocenters. The first-order valence-electron chi connectivity index (χ1n) is 14.3. The first-order valence-corrected chi connectivity index (χ1v) is 14.3. The number of phenolic OH excluding ortho intramolecular Hbond substituents is 1. The number of carbonyl (C=O) groups is 2. The summed E-state index contributed by atoms with van der Waals surface area (Å²) in [6, 6.07) is 6.43. The summed E-state index contributed by atoms with van der Waals surface area (Å²) in [7, 11) is 0. The highest BCUT2D eigenvalue weighted by Gasteiger charge is 2.16. The number of hydrogen-bond acceptors (Lipinski definition) is 4. The Morgan fingerprint density at radius 3 is 2.22 bits per heavy atom. The Balaban J connectivity index is 2.00. The highest BCUT2D eigenvalue weighted by atomic mass is 16.5. The third-order valence-electron chi connectivity index (χ3n) is 6.13. The molecule has 0 saturated carbocycles. The molecule has 0 radical (unpaired) electrons. The molecular weight excluding hydrogens is 462 g/mol. The van der Waals surface area contributed by atoms with Gasteiger partial charge in [0.1, 0.15) is 11.9 Å². The van der Waals surface area contributed by atoms with Gasteiger partial charge in [-0.15, -0.1) is 0 Å². The number of aromatic hydroxyl groups is 1. The van der Waals surface area contributed by atoms with Crippen LogP contribution in [0.25, 0.3) is 0 Å². The van der Waals surface area contributed by atoms with Crippen LogP contribution < -0.4 is 5.32 Å². The first-order chi connectivity index (χ1) is 18.1. The van der Waals surface area contributed by atoms with Gasteiger partial charge < -0.3 is 15.2 Å². The molecule has 0 aliphatic carbocycles. The maximum atomic E-state index is 12.5. The average molecular weight is 512 g/mol. The van der Waals surface area contributed by atoms with Crippen molar-refractivity contribution in [1.82, 2.24) is 5.32 Å². The van der Waals surface area contributed by atoms with Gasteiger partial charge in [-0.05, 0) is 63.5 Å². The predicted molar refractivity (Wildman–Crippen MR) is 154 cm³/mol. The van der Waals surface area contributed by atoms with Gasteiger partial charge in [0.05, 0.1) is 5.56 Å². The van der Waals surface area contributed by atoms with E-state index in [0.717, 1.165) is 38.5 Å². The Labute approximate surface area is 225 Å². The number of hydrogen-bond donors (Lipinski definition) is 2. The minimum Gasteiger partial charge on any atom is -0.507 e. The number of carbonyl (C=O) groups excluding carboxylic acids is 2.